The van der Waals surface area contributed by atoms with Crippen molar-refractivity contribution in [3.63, 3.8) is 0 Å². The lowest BCUT2D eigenvalue weighted by Crippen LogP contribution is -2.05. The Kier molecular flexibility index (Phi) is 2.42. The number of ether oxygens (including phenoxy) is 1. The summed E-state index contributed by atoms with van der Waals surface area (Å²) in [6, 6.07) is 6.00. The average Bonchev–Trinajstić information content (AvgIpc) is 2.99. The summed E-state index contributed by atoms with van der Waals surface area (Å²) in [5.74, 6) is 2.44. The van der Waals surface area contributed by atoms with Crippen LogP contribution in [0, 0.1) is 13.8 Å². The van der Waals surface area contributed by atoms with Crippen LogP contribution in [0.25, 0.3) is 17.1 Å². The molecule has 0 spiro atoms. The molecule has 0 amide bonds. The van der Waals surface area contributed by atoms with Crippen LogP contribution in [0.5, 0.6) is 5.75 Å². The van der Waals surface area contributed by atoms with Gasteiger partial charge in [0.15, 0.2) is 5.82 Å². The summed E-state index contributed by atoms with van der Waals surface area (Å²) in [6.45, 7) is 4.59. The van der Waals surface area contributed by atoms with Crippen LogP contribution in [-0.2, 0) is 6.54 Å². The van der Waals surface area contributed by atoms with Gasteiger partial charge in [-0.2, -0.15) is 5.10 Å². The Bertz CT molecular complexity index is 846. The predicted molar refractivity (Wildman–Crippen MR) is 77.7 cm³/mol. The van der Waals surface area contributed by atoms with Crippen LogP contribution < -0.4 is 4.74 Å². The molecule has 106 valence electrons. The molecule has 3 heterocycles. The fraction of sp³-hybridized carbons (Fsp3) is 0.267. The Balaban J connectivity index is 2.08. The first-order valence-electron chi connectivity index (χ1n) is 6.80. The van der Waals surface area contributed by atoms with Gasteiger partial charge in [-0.3, -0.25) is 0 Å². The molecule has 0 radical (unpaired) electrons. The molecular weight excluding hydrogens is 266 g/mol. The Hall–Kier alpha value is -2.63. The molecule has 0 saturated heterocycles. The molecule has 3 aromatic rings. The van der Waals surface area contributed by atoms with Crippen molar-refractivity contribution < 1.29 is 4.74 Å². The number of hydrogen-bond acceptors (Lipinski definition) is 4. The van der Waals surface area contributed by atoms with E-state index in [1.807, 2.05) is 43.1 Å². The molecule has 0 fully saturated rings. The van der Waals surface area contributed by atoms with Crippen molar-refractivity contribution in [3.8, 4) is 22.8 Å². The first kappa shape index (κ1) is 12.1. The van der Waals surface area contributed by atoms with Gasteiger partial charge in [-0.15, -0.1) is 0 Å². The van der Waals surface area contributed by atoms with Gasteiger partial charge in [0.1, 0.15) is 11.6 Å². The third kappa shape index (κ3) is 1.68. The third-order valence-electron chi connectivity index (χ3n) is 3.86. The number of nitrogens with zero attached hydrogens (tertiary/aromatic N) is 5. The first-order valence-corrected chi connectivity index (χ1v) is 6.80. The number of imidazole rings is 1. The van der Waals surface area contributed by atoms with Crippen LogP contribution in [0.1, 0.15) is 17.2 Å². The van der Waals surface area contributed by atoms with Gasteiger partial charge in [0.25, 0.3) is 0 Å². The maximum absolute atomic E-state index is 5.35. The van der Waals surface area contributed by atoms with Crippen molar-refractivity contribution in [2.24, 2.45) is 0 Å². The Morgan fingerprint density at radius 3 is 2.90 bits per heavy atom. The van der Waals surface area contributed by atoms with E-state index in [2.05, 4.69) is 19.6 Å². The van der Waals surface area contributed by atoms with Crippen molar-refractivity contribution in [1.29, 1.82) is 0 Å². The van der Waals surface area contributed by atoms with E-state index in [9.17, 15) is 0 Å². The van der Waals surface area contributed by atoms with Gasteiger partial charge in [-0.25, -0.2) is 14.6 Å². The minimum absolute atomic E-state index is 0.666. The van der Waals surface area contributed by atoms with E-state index in [-0.39, 0.29) is 0 Å². The quantitative estimate of drug-likeness (QED) is 0.536. The van der Waals surface area contributed by atoms with Crippen LogP contribution >= 0.6 is 0 Å². The molecule has 1 aliphatic heterocycles. The van der Waals surface area contributed by atoms with Crippen molar-refractivity contribution in [3.05, 3.63) is 41.7 Å². The SMILES string of the molecule is COc1ccc2c(c1)-c1nc(C)nn1Cc1c(C)ncn1-2. The predicted octanol–water partition coefficient (Wildman–Crippen LogP) is 2.12. The van der Waals surface area contributed by atoms with Gasteiger partial charge >= 0.3 is 0 Å². The van der Waals surface area contributed by atoms with Gasteiger partial charge in [0.05, 0.1) is 37.1 Å². The maximum atomic E-state index is 5.35. The lowest BCUT2D eigenvalue weighted by molar-refractivity contribution is 0.415. The Morgan fingerprint density at radius 2 is 2.10 bits per heavy atom. The summed E-state index contributed by atoms with van der Waals surface area (Å²) in [6.07, 6.45) is 1.86. The van der Waals surface area contributed by atoms with Gasteiger partial charge in [-0.05, 0) is 32.0 Å². The second-order valence-electron chi connectivity index (χ2n) is 5.17. The molecule has 2 aromatic heterocycles. The number of rotatable bonds is 1. The number of aromatic nitrogens is 5. The molecule has 0 unspecified atom stereocenters. The van der Waals surface area contributed by atoms with Gasteiger partial charge in [-0.1, -0.05) is 0 Å². The lowest BCUT2D eigenvalue weighted by Gasteiger charge is -2.10. The van der Waals surface area contributed by atoms with E-state index in [1.54, 1.807) is 7.11 Å². The summed E-state index contributed by atoms with van der Waals surface area (Å²) >= 11 is 0. The van der Waals surface area contributed by atoms with Crippen LogP contribution in [0.3, 0.4) is 0 Å². The average molecular weight is 281 g/mol. The maximum Gasteiger partial charge on any atom is 0.161 e. The molecular formula is C15H15N5O. The minimum atomic E-state index is 0.666. The Morgan fingerprint density at radius 1 is 1.24 bits per heavy atom. The molecule has 6 nitrogen and oxygen atoms in total. The van der Waals surface area contributed by atoms with E-state index in [0.29, 0.717) is 6.54 Å². The third-order valence-corrected chi connectivity index (χ3v) is 3.86. The molecule has 1 aromatic carbocycles. The molecule has 0 bridgehead atoms. The highest BCUT2D eigenvalue weighted by Gasteiger charge is 2.23. The fourth-order valence-corrected chi connectivity index (χ4v) is 2.80. The number of methoxy groups -OCH3 is 1. The Labute approximate surface area is 122 Å². The number of benzene rings is 1. The van der Waals surface area contributed by atoms with Crippen molar-refractivity contribution >= 4 is 0 Å². The lowest BCUT2D eigenvalue weighted by atomic mass is 10.1. The topological polar surface area (TPSA) is 57.8 Å². The van der Waals surface area contributed by atoms with Crippen molar-refractivity contribution in [2.75, 3.05) is 7.11 Å². The van der Waals surface area contributed by atoms with E-state index < -0.39 is 0 Å². The standard InChI is InChI=1S/C15H15N5O/c1-9-14-7-20-15(17-10(2)18-20)12-6-11(21-3)4-5-13(12)19(14)8-16-9/h4-6,8H,7H2,1-3H3. The summed E-state index contributed by atoms with van der Waals surface area (Å²) in [4.78, 5) is 9.01. The van der Waals surface area contributed by atoms with Crippen LogP contribution in [0.2, 0.25) is 0 Å². The zero-order valence-electron chi connectivity index (χ0n) is 12.2. The summed E-state index contributed by atoms with van der Waals surface area (Å²) < 4.78 is 9.39. The normalized spacial score (nSPS) is 12.3. The zero-order valence-corrected chi connectivity index (χ0v) is 12.2. The van der Waals surface area contributed by atoms with Crippen molar-refractivity contribution in [1.82, 2.24) is 24.3 Å². The number of aryl methyl sites for hydroxylation is 2. The number of hydrogen-bond donors (Lipinski definition) is 0. The van der Waals surface area contributed by atoms with Crippen LogP contribution in [0.4, 0.5) is 0 Å². The highest BCUT2D eigenvalue weighted by Crippen LogP contribution is 2.33. The second kappa shape index (κ2) is 4.18. The summed E-state index contributed by atoms with van der Waals surface area (Å²) in [7, 11) is 1.67. The molecule has 0 aliphatic carbocycles. The van der Waals surface area contributed by atoms with Gasteiger partial charge in [0, 0.05) is 5.56 Å². The van der Waals surface area contributed by atoms with E-state index in [4.69, 9.17) is 4.74 Å². The van der Waals surface area contributed by atoms with E-state index in [0.717, 1.165) is 40.0 Å². The smallest absolute Gasteiger partial charge is 0.161 e. The highest BCUT2D eigenvalue weighted by molar-refractivity contribution is 5.71. The van der Waals surface area contributed by atoms with E-state index >= 15 is 0 Å². The molecule has 6 heteroatoms. The molecule has 0 N–H and O–H groups in total. The zero-order chi connectivity index (χ0) is 14.6. The molecule has 0 atom stereocenters. The minimum Gasteiger partial charge on any atom is -0.497 e. The molecule has 1 aliphatic rings. The monoisotopic (exact) mass is 281 g/mol. The highest BCUT2D eigenvalue weighted by atomic mass is 16.5. The van der Waals surface area contributed by atoms with E-state index in [1.165, 1.54) is 0 Å². The van der Waals surface area contributed by atoms with Crippen LogP contribution in [0.15, 0.2) is 24.5 Å². The van der Waals surface area contributed by atoms with Crippen LogP contribution in [-0.4, -0.2) is 31.4 Å². The fourth-order valence-electron chi connectivity index (χ4n) is 2.80. The molecule has 4 rings (SSSR count). The molecule has 0 saturated carbocycles. The van der Waals surface area contributed by atoms with Crippen molar-refractivity contribution in [2.45, 2.75) is 20.4 Å². The summed E-state index contributed by atoms with van der Waals surface area (Å²) in [5.41, 5.74) is 4.20. The first-order chi connectivity index (χ1) is 10.2. The largest absolute Gasteiger partial charge is 0.497 e. The van der Waals surface area contributed by atoms with Gasteiger partial charge < -0.3 is 9.30 Å². The number of fused-ring (bicyclic) bond motifs is 5. The second-order valence-corrected chi connectivity index (χ2v) is 5.17. The summed E-state index contributed by atoms with van der Waals surface area (Å²) in [5, 5.41) is 4.51. The molecule has 21 heavy (non-hydrogen) atoms. The van der Waals surface area contributed by atoms with Gasteiger partial charge in [0.2, 0.25) is 0 Å².